The molecule has 1 heterocycles. The summed E-state index contributed by atoms with van der Waals surface area (Å²) in [6.45, 7) is 1.76. The van der Waals surface area contributed by atoms with Gasteiger partial charge >= 0.3 is 0 Å². The molecule has 66 valence electrons. The zero-order valence-corrected chi connectivity index (χ0v) is 7.36. The lowest BCUT2D eigenvalue weighted by Gasteiger charge is -2.00. The summed E-state index contributed by atoms with van der Waals surface area (Å²) in [7, 11) is 0. The van der Waals surface area contributed by atoms with Crippen LogP contribution in [0.25, 0.3) is 5.57 Å². The molecule has 1 aliphatic heterocycles. The summed E-state index contributed by atoms with van der Waals surface area (Å²) in [5.41, 5.74) is 1.60. The first-order chi connectivity index (χ1) is 6.29. The van der Waals surface area contributed by atoms with E-state index in [0.717, 1.165) is 5.56 Å². The third kappa shape index (κ3) is 1.35. The quantitative estimate of drug-likeness (QED) is 0.651. The van der Waals surface area contributed by atoms with Crippen molar-refractivity contribution in [3.8, 4) is 0 Å². The molecule has 0 saturated carbocycles. The van der Waals surface area contributed by atoms with E-state index in [1.54, 1.807) is 13.2 Å². The zero-order valence-electron chi connectivity index (χ0n) is 7.36. The second kappa shape index (κ2) is 3.05. The van der Waals surface area contributed by atoms with Crippen molar-refractivity contribution >= 4 is 11.4 Å². The lowest BCUT2D eigenvalue weighted by molar-refractivity contribution is -0.118. The number of carbonyl (C=O) groups excluding carboxylic acids is 1. The van der Waals surface area contributed by atoms with Crippen LogP contribution in [0.3, 0.4) is 0 Å². The molecular formula is C11H10O2. The SMILES string of the molecule is CC1OC=C(c2ccccc2)C1=O. The highest BCUT2D eigenvalue weighted by molar-refractivity contribution is 6.23. The van der Waals surface area contributed by atoms with Crippen molar-refractivity contribution in [1.29, 1.82) is 0 Å². The summed E-state index contributed by atoms with van der Waals surface area (Å²) >= 11 is 0. The molecule has 0 N–H and O–H groups in total. The van der Waals surface area contributed by atoms with Crippen LogP contribution in [-0.2, 0) is 9.53 Å². The maximum atomic E-state index is 11.5. The molecule has 0 spiro atoms. The van der Waals surface area contributed by atoms with Crippen molar-refractivity contribution < 1.29 is 9.53 Å². The van der Waals surface area contributed by atoms with Gasteiger partial charge in [0.25, 0.3) is 0 Å². The summed E-state index contributed by atoms with van der Waals surface area (Å²) in [5.74, 6) is 0.0613. The Bertz CT molecular complexity index is 352. The number of ketones is 1. The Hall–Kier alpha value is -1.57. The van der Waals surface area contributed by atoms with Crippen LogP contribution in [0.1, 0.15) is 12.5 Å². The molecule has 2 heteroatoms. The average molecular weight is 174 g/mol. The van der Waals surface area contributed by atoms with Gasteiger partial charge in [-0.25, -0.2) is 0 Å². The molecule has 1 aromatic carbocycles. The number of hydrogen-bond acceptors (Lipinski definition) is 2. The lowest BCUT2D eigenvalue weighted by atomic mass is 10.0. The molecular weight excluding hydrogens is 164 g/mol. The van der Waals surface area contributed by atoms with Gasteiger partial charge in [0, 0.05) is 0 Å². The Balaban J connectivity index is 2.34. The predicted octanol–water partition coefficient (Wildman–Crippen LogP) is 2.02. The first-order valence-corrected chi connectivity index (χ1v) is 4.24. The van der Waals surface area contributed by atoms with Gasteiger partial charge in [-0.1, -0.05) is 30.3 Å². The monoisotopic (exact) mass is 174 g/mol. The largest absolute Gasteiger partial charge is 0.489 e. The van der Waals surface area contributed by atoms with Gasteiger partial charge in [0.15, 0.2) is 6.10 Å². The fourth-order valence-corrected chi connectivity index (χ4v) is 1.34. The van der Waals surface area contributed by atoms with Gasteiger partial charge in [-0.05, 0) is 12.5 Å². The second-order valence-corrected chi connectivity index (χ2v) is 3.04. The molecule has 0 aromatic heterocycles. The van der Waals surface area contributed by atoms with Gasteiger partial charge in [-0.15, -0.1) is 0 Å². The molecule has 0 fully saturated rings. The molecule has 0 radical (unpaired) electrons. The maximum Gasteiger partial charge on any atom is 0.206 e. The Morgan fingerprint density at radius 2 is 1.92 bits per heavy atom. The Morgan fingerprint density at radius 1 is 1.23 bits per heavy atom. The number of benzene rings is 1. The van der Waals surface area contributed by atoms with E-state index in [0.29, 0.717) is 5.57 Å². The Labute approximate surface area is 76.8 Å². The molecule has 0 saturated heterocycles. The van der Waals surface area contributed by atoms with Crippen molar-refractivity contribution in [2.24, 2.45) is 0 Å². The summed E-state index contributed by atoms with van der Waals surface area (Å²) in [4.78, 5) is 11.5. The minimum absolute atomic E-state index is 0.0613. The van der Waals surface area contributed by atoms with E-state index in [-0.39, 0.29) is 11.9 Å². The highest BCUT2D eigenvalue weighted by Crippen LogP contribution is 2.23. The molecule has 0 aliphatic carbocycles. The fraction of sp³-hybridized carbons (Fsp3) is 0.182. The van der Waals surface area contributed by atoms with E-state index in [1.807, 2.05) is 30.3 Å². The summed E-state index contributed by atoms with van der Waals surface area (Å²) in [6, 6.07) is 9.56. The highest BCUT2D eigenvalue weighted by Gasteiger charge is 2.25. The number of hydrogen-bond donors (Lipinski definition) is 0. The maximum absolute atomic E-state index is 11.5. The van der Waals surface area contributed by atoms with Crippen LogP contribution in [0.4, 0.5) is 0 Å². The van der Waals surface area contributed by atoms with Gasteiger partial charge < -0.3 is 4.74 Å². The topological polar surface area (TPSA) is 26.3 Å². The van der Waals surface area contributed by atoms with Gasteiger partial charge in [-0.3, -0.25) is 4.79 Å². The standard InChI is InChI=1S/C11H10O2/c1-8-11(12)10(7-13-8)9-5-3-2-4-6-9/h2-8H,1H3. The first-order valence-electron chi connectivity index (χ1n) is 4.24. The van der Waals surface area contributed by atoms with E-state index >= 15 is 0 Å². The van der Waals surface area contributed by atoms with Crippen LogP contribution in [0.5, 0.6) is 0 Å². The van der Waals surface area contributed by atoms with Crippen LogP contribution >= 0.6 is 0 Å². The molecule has 1 atom stereocenters. The fourth-order valence-electron chi connectivity index (χ4n) is 1.34. The van der Waals surface area contributed by atoms with E-state index < -0.39 is 0 Å². The molecule has 1 unspecified atom stereocenters. The van der Waals surface area contributed by atoms with Gasteiger partial charge in [0.2, 0.25) is 5.78 Å². The van der Waals surface area contributed by atoms with Gasteiger partial charge in [-0.2, -0.15) is 0 Å². The zero-order chi connectivity index (χ0) is 9.26. The van der Waals surface area contributed by atoms with Crippen molar-refractivity contribution in [1.82, 2.24) is 0 Å². The van der Waals surface area contributed by atoms with Crippen LogP contribution in [0.15, 0.2) is 36.6 Å². The number of carbonyl (C=O) groups is 1. The third-order valence-electron chi connectivity index (χ3n) is 2.11. The molecule has 1 aliphatic rings. The average Bonchev–Trinajstić information content (AvgIpc) is 2.49. The van der Waals surface area contributed by atoms with Gasteiger partial charge in [0.05, 0.1) is 11.8 Å². The molecule has 0 amide bonds. The Kier molecular flexibility index (Phi) is 1.89. The lowest BCUT2D eigenvalue weighted by Crippen LogP contribution is -2.12. The summed E-state index contributed by atoms with van der Waals surface area (Å²) in [6.07, 6.45) is 1.22. The van der Waals surface area contributed by atoms with Crippen LogP contribution in [0.2, 0.25) is 0 Å². The number of Topliss-reactive ketones (excluding diaryl/α,β-unsaturated/α-hetero) is 1. The third-order valence-corrected chi connectivity index (χ3v) is 2.11. The Morgan fingerprint density at radius 3 is 2.46 bits per heavy atom. The molecule has 1 aromatic rings. The van der Waals surface area contributed by atoms with Crippen LogP contribution in [0, 0.1) is 0 Å². The molecule has 2 rings (SSSR count). The number of rotatable bonds is 1. The van der Waals surface area contributed by atoms with Crippen molar-refractivity contribution in [2.75, 3.05) is 0 Å². The normalized spacial score (nSPS) is 21.2. The molecule has 13 heavy (non-hydrogen) atoms. The molecule has 2 nitrogen and oxygen atoms in total. The minimum atomic E-state index is -0.324. The van der Waals surface area contributed by atoms with Crippen LogP contribution in [-0.4, -0.2) is 11.9 Å². The van der Waals surface area contributed by atoms with Crippen molar-refractivity contribution in [3.05, 3.63) is 42.2 Å². The smallest absolute Gasteiger partial charge is 0.206 e. The summed E-state index contributed by atoms with van der Waals surface area (Å²) in [5, 5.41) is 0. The van der Waals surface area contributed by atoms with Crippen molar-refractivity contribution in [2.45, 2.75) is 13.0 Å². The van der Waals surface area contributed by atoms with Crippen LogP contribution < -0.4 is 0 Å². The van der Waals surface area contributed by atoms with E-state index in [9.17, 15) is 4.79 Å². The second-order valence-electron chi connectivity index (χ2n) is 3.04. The minimum Gasteiger partial charge on any atom is -0.489 e. The highest BCUT2D eigenvalue weighted by atomic mass is 16.5. The van der Waals surface area contributed by atoms with E-state index in [1.165, 1.54) is 0 Å². The predicted molar refractivity (Wildman–Crippen MR) is 50.0 cm³/mol. The van der Waals surface area contributed by atoms with Crippen molar-refractivity contribution in [3.63, 3.8) is 0 Å². The van der Waals surface area contributed by atoms with E-state index in [2.05, 4.69) is 0 Å². The van der Waals surface area contributed by atoms with E-state index in [4.69, 9.17) is 4.74 Å². The van der Waals surface area contributed by atoms with Gasteiger partial charge in [0.1, 0.15) is 0 Å². The number of ether oxygens (including phenoxy) is 1. The first kappa shape index (κ1) is 8.05. The molecule has 0 bridgehead atoms. The summed E-state index contributed by atoms with van der Waals surface area (Å²) < 4.78 is 5.12.